The van der Waals surface area contributed by atoms with Crippen molar-refractivity contribution in [2.24, 2.45) is 0 Å². The zero-order valence-electron chi connectivity index (χ0n) is 13.7. The number of ether oxygens (including phenoxy) is 1. The first-order valence-electron chi connectivity index (χ1n) is 7.76. The molecular formula is C17H18N2O4S2. The Morgan fingerprint density at radius 2 is 2.16 bits per heavy atom. The first kappa shape index (κ1) is 17.9. The summed E-state index contributed by atoms with van der Waals surface area (Å²) in [5.41, 5.74) is 0.146. The normalized spacial score (nSPS) is 19.7. The maximum absolute atomic E-state index is 12.4. The molecule has 0 bridgehead atoms. The standard InChI is InChI=1S/C17H18N2O4S2/c1-11-18-13(8-24-11)9-25-14-4-2-12(3-5-14)15(20)19-17(16(21)22)6-7-23-10-17/h2-5,8H,6-7,9-10H2,1H3,(H,19,20)(H,21,22). The lowest BCUT2D eigenvalue weighted by Gasteiger charge is -2.23. The monoisotopic (exact) mass is 378 g/mol. The highest BCUT2D eigenvalue weighted by molar-refractivity contribution is 7.98. The lowest BCUT2D eigenvalue weighted by atomic mass is 9.98. The van der Waals surface area contributed by atoms with Crippen molar-refractivity contribution in [2.75, 3.05) is 13.2 Å². The number of amides is 1. The van der Waals surface area contributed by atoms with Crippen LogP contribution in [0, 0.1) is 6.92 Å². The van der Waals surface area contributed by atoms with E-state index in [1.165, 1.54) is 0 Å². The third-order valence-corrected chi connectivity index (χ3v) is 5.82. The van der Waals surface area contributed by atoms with Crippen LogP contribution in [0.3, 0.4) is 0 Å². The van der Waals surface area contributed by atoms with Crippen LogP contribution >= 0.6 is 23.1 Å². The van der Waals surface area contributed by atoms with Gasteiger partial charge in [-0.05, 0) is 31.2 Å². The second kappa shape index (κ2) is 7.55. The molecule has 0 saturated carbocycles. The van der Waals surface area contributed by atoms with Crippen molar-refractivity contribution in [1.29, 1.82) is 0 Å². The molecule has 2 heterocycles. The van der Waals surface area contributed by atoms with Crippen molar-refractivity contribution in [2.45, 2.75) is 29.5 Å². The molecule has 1 aromatic carbocycles. The Bertz CT molecular complexity index is 767. The van der Waals surface area contributed by atoms with Gasteiger partial charge in [0.2, 0.25) is 0 Å². The fourth-order valence-corrected chi connectivity index (χ4v) is 4.02. The number of carboxylic acids is 1. The Morgan fingerprint density at radius 1 is 1.40 bits per heavy atom. The van der Waals surface area contributed by atoms with Gasteiger partial charge in [0, 0.05) is 34.6 Å². The number of hydrogen-bond donors (Lipinski definition) is 2. The summed E-state index contributed by atoms with van der Waals surface area (Å²) < 4.78 is 5.15. The molecule has 1 unspecified atom stereocenters. The SMILES string of the molecule is Cc1nc(CSc2ccc(C(=O)NC3(C(=O)O)CCOC3)cc2)cs1. The Morgan fingerprint density at radius 3 is 2.72 bits per heavy atom. The van der Waals surface area contributed by atoms with Gasteiger partial charge in [0.05, 0.1) is 17.3 Å². The summed E-state index contributed by atoms with van der Waals surface area (Å²) in [5.74, 6) is -0.696. The molecule has 1 aliphatic rings. The number of benzene rings is 1. The molecule has 2 N–H and O–H groups in total. The predicted molar refractivity (Wildman–Crippen MR) is 96.1 cm³/mol. The summed E-state index contributed by atoms with van der Waals surface area (Å²) in [5, 5.41) is 15.1. The van der Waals surface area contributed by atoms with Gasteiger partial charge in [-0.3, -0.25) is 4.79 Å². The summed E-state index contributed by atoms with van der Waals surface area (Å²) >= 11 is 3.27. The molecule has 0 spiro atoms. The number of rotatable bonds is 6. The van der Waals surface area contributed by atoms with Crippen LogP contribution in [0.1, 0.15) is 27.5 Å². The van der Waals surface area contributed by atoms with Crippen LogP contribution in [0.4, 0.5) is 0 Å². The maximum Gasteiger partial charge on any atom is 0.331 e. The van der Waals surface area contributed by atoms with Crippen molar-refractivity contribution in [3.63, 3.8) is 0 Å². The minimum Gasteiger partial charge on any atom is -0.479 e. The summed E-state index contributed by atoms with van der Waals surface area (Å²) in [7, 11) is 0. The van der Waals surface area contributed by atoms with E-state index in [2.05, 4.69) is 10.3 Å². The van der Waals surface area contributed by atoms with Crippen molar-refractivity contribution in [1.82, 2.24) is 10.3 Å². The van der Waals surface area contributed by atoms with Crippen LogP contribution in [0.5, 0.6) is 0 Å². The largest absolute Gasteiger partial charge is 0.479 e. The number of nitrogens with zero attached hydrogens (tertiary/aromatic N) is 1. The number of aliphatic carboxylic acids is 1. The van der Waals surface area contributed by atoms with Crippen LogP contribution in [0.2, 0.25) is 0 Å². The van der Waals surface area contributed by atoms with E-state index in [0.29, 0.717) is 12.2 Å². The minimum absolute atomic E-state index is 0.00489. The molecule has 1 aliphatic heterocycles. The number of aromatic nitrogens is 1. The van der Waals surface area contributed by atoms with E-state index >= 15 is 0 Å². The molecule has 0 aliphatic carbocycles. The first-order chi connectivity index (χ1) is 12.0. The summed E-state index contributed by atoms with van der Waals surface area (Å²) in [6.07, 6.45) is 0.273. The number of thiazole rings is 1. The van der Waals surface area contributed by atoms with Crippen LogP contribution < -0.4 is 5.32 Å². The molecule has 0 radical (unpaired) electrons. The van der Waals surface area contributed by atoms with Gasteiger partial charge in [-0.15, -0.1) is 23.1 Å². The third-order valence-electron chi connectivity index (χ3n) is 3.95. The van der Waals surface area contributed by atoms with E-state index < -0.39 is 17.4 Å². The van der Waals surface area contributed by atoms with Crippen LogP contribution in [-0.2, 0) is 15.3 Å². The molecule has 3 rings (SSSR count). The second-order valence-electron chi connectivity index (χ2n) is 5.81. The number of nitrogens with one attached hydrogen (secondary N) is 1. The van der Waals surface area contributed by atoms with Crippen molar-refractivity contribution >= 4 is 35.0 Å². The molecule has 1 atom stereocenters. The molecule has 8 heteroatoms. The zero-order chi connectivity index (χ0) is 17.9. The van der Waals surface area contributed by atoms with Crippen molar-refractivity contribution in [3.05, 3.63) is 45.9 Å². The fraction of sp³-hybridized carbons (Fsp3) is 0.353. The van der Waals surface area contributed by atoms with Crippen molar-refractivity contribution in [3.8, 4) is 0 Å². The van der Waals surface area contributed by atoms with Gasteiger partial charge < -0.3 is 15.2 Å². The van der Waals surface area contributed by atoms with E-state index in [-0.39, 0.29) is 13.0 Å². The molecule has 25 heavy (non-hydrogen) atoms. The highest BCUT2D eigenvalue weighted by Crippen LogP contribution is 2.24. The molecular weight excluding hydrogens is 360 g/mol. The molecule has 1 amide bonds. The van der Waals surface area contributed by atoms with Crippen molar-refractivity contribution < 1.29 is 19.4 Å². The number of thioether (sulfide) groups is 1. The smallest absolute Gasteiger partial charge is 0.331 e. The van der Waals surface area contributed by atoms with E-state index in [4.69, 9.17) is 4.74 Å². The second-order valence-corrected chi connectivity index (χ2v) is 7.93. The number of carboxylic acid groups (broad SMARTS) is 1. The fourth-order valence-electron chi connectivity index (χ4n) is 2.51. The van der Waals surface area contributed by atoms with E-state index in [1.807, 2.05) is 24.4 Å². The lowest BCUT2D eigenvalue weighted by Crippen LogP contribution is -2.55. The number of carbonyl (C=O) groups excluding carboxylic acids is 1. The summed E-state index contributed by atoms with van der Waals surface area (Å²) in [4.78, 5) is 29.3. The average Bonchev–Trinajstić information content (AvgIpc) is 3.23. The Hall–Kier alpha value is -1.90. The summed E-state index contributed by atoms with van der Waals surface area (Å²) in [6.45, 7) is 2.30. The molecule has 1 saturated heterocycles. The quantitative estimate of drug-likeness (QED) is 0.752. The van der Waals surface area contributed by atoms with Crippen LogP contribution in [0.25, 0.3) is 0 Å². The van der Waals surface area contributed by atoms with Crippen LogP contribution in [-0.4, -0.2) is 40.7 Å². The molecule has 1 fully saturated rings. The highest BCUT2D eigenvalue weighted by Gasteiger charge is 2.44. The van der Waals surface area contributed by atoms with Crippen LogP contribution in [0.15, 0.2) is 34.5 Å². The minimum atomic E-state index is -1.33. The van der Waals surface area contributed by atoms with Gasteiger partial charge in [0.1, 0.15) is 0 Å². The lowest BCUT2D eigenvalue weighted by molar-refractivity contribution is -0.144. The topological polar surface area (TPSA) is 88.5 Å². The average molecular weight is 378 g/mol. The Kier molecular flexibility index (Phi) is 5.41. The number of hydrogen-bond acceptors (Lipinski definition) is 6. The van der Waals surface area contributed by atoms with Gasteiger partial charge in [0.25, 0.3) is 5.91 Å². The molecule has 2 aromatic rings. The molecule has 1 aromatic heterocycles. The predicted octanol–water partition coefficient (Wildman–Crippen LogP) is 2.72. The van der Waals surface area contributed by atoms with Gasteiger partial charge in [0.15, 0.2) is 5.54 Å². The molecule has 132 valence electrons. The maximum atomic E-state index is 12.4. The summed E-state index contributed by atoms with van der Waals surface area (Å²) in [6, 6.07) is 7.12. The highest BCUT2D eigenvalue weighted by atomic mass is 32.2. The van der Waals surface area contributed by atoms with Gasteiger partial charge in [-0.1, -0.05) is 0 Å². The van der Waals surface area contributed by atoms with Gasteiger partial charge in [-0.25, -0.2) is 9.78 Å². The Balaban J connectivity index is 1.61. The van der Waals surface area contributed by atoms with Gasteiger partial charge >= 0.3 is 5.97 Å². The van der Waals surface area contributed by atoms with E-state index in [9.17, 15) is 14.7 Å². The number of carbonyl (C=O) groups is 2. The van der Waals surface area contributed by atoms with E-state index in [0.717, 1.165) is 21.3 Å². The van der Waals surface area contributed by atoms with Gasteiger partial charge in [-0.2, -0.15) is 0 Å². The zero-order valence-corrected chi connectivity index (χ0v) is 15.3. The molecule has 6 nitrogen and oxygen atoms in total. The third kappa shape index (κ3) is 4.20. The first-order valence-corrected chi connectivity index (χ1v) is 9.62. The number of aryl methyl sites for hydroxylation is 1. The Labute approximate surface area is 153 Å². The van der Waals surface area contributed by atoms with E-state index in [1.54, 1.807) is 35.2 Å².